The second-order valence-corrected chi connectivity index (χ2v) is 15.0. The average molecular weight is 739 g/mol. The van der Waals surface area contributed by atoms with E-state index >= 15 is 0 Å². The van der Waals surface area contributed by atoms with Crippen molar-refractivity contribution in [2.75, 3.05) is 0 Å². The molecule has 0 saturated heterocycles. The van der Waals surface area contributed by atoms with Crippen LogP contribution in [0, 0.1) is 0 Å². The molecule has 12 aromatic rings. The third kappa shape index (κ3) is 4.95. The Morgan fingerprint density at radius 1 is 0.310 bits per heavy atom. The number of para-hydroxylation sites is 3. The van der Waals surface area contributed by atoms with E-state index in [1.54, 1.807) is 0 Å². The SMILES string of the molecule is c1ccc(-c2nc(-c3ccc(-n4c5ccccc5c5cc6c7c8ccccc8c(-c8ccccc8)cc7n(-c7ccccc7)c6cc54)cc3)nc3ccccc23)cc1. The lowest BCUT2D eigenvalue weighted by Gasteiger charge is -2.12. The monoisotopic (exact) mass is 738 g/mol. The zero-order valence-corrected chi connectivity index (χ0v) is 31.4. The van der Waals surface area contributed by atoms with Crippen LogP contribution in [0.15, 0.2) is 206 Å². The summed E-state index contributed by atoms with van der Waals surface area (Å²) in [6.45, 7) is 0. The summed E-state index contributed by atoms with van der Waals surface area (Å²) < 4.78 is 4.86. The van der Waals surface area contributed by atoms with Crippen LogP contribution in [0.3, 0.4) is 0 Å². The van der Waals surface area contributed by atoms with Gasteiger partial charge in [0.15, 0.2) is 5.82 Å². The van der Waals surface area contributed by atoms with Crippen LogP contribution in [0.4, 0.5) is 0 Å². The topological polar surface area (TPSA) is 35.6 Å². The lowest BCUT2D eigenvalue weighted by atomic mass is 9.94. The summed E-state index contributed by atoms with van der Waals surface area (Å²) in [5, 5.41) is 8.50. The van der Waals surface area contributed by atoms with E-state index in [1.807, 2.05) is 12.1 Å². The molecule has 0 unspecified atom stereocenters. The van der Waals surface area contributed by atoms with Crippen LogP contribution in [0.5, 0.6) is 0 Å². The van der Waals surface area contributed by atoms with Crippen LogP contribution in [0.2, 0.25) is 0 Å². The number of hydrogen-bond donors (Lipinski definition) is 0. The fourth-order valence-corrected chi connectivity index (χ4v) is 9.11. The Balaban J connectivity index is 1.11. The largest absolute Gasteiger partial charge is 0.309 e. The molecule has 0 amide bonds. The van der Waals surface area contributed by atoms with E-state index in [9.17, 15) is 0 Å². The molecule has 0 atom stereocenters. The third-order valence-corrected chi connectivity index (χ3v) is 11.7. The molecule has 3 heterocycles. The summed E-state index contributed by atoms with van der Waals surface area (Å²) in [6, 6.07) is 73.8. The number of rotatable bonds is 5. The van der Waals surface area contributed by atoms with Gasteiger partial charge in [-0.1, -0.05) is 140 Å². The van der Waals surface area contributed by atoms with E-state index in [0.29, 0.717) is 5.82 Å². The Kier molecular flexibility index (Phi) is 7.20. The maximum atomic E-state index is 5.15. The summed E-state index contributed by atoms with van der Waals surface area (Å²) >= 11 is 0. The minimum atomic E-state index is 0.711. The first-order chi connectivity index (χ1) is 28.8. The molecule has 0 saturated carbocycles. The quantitative estimate of drug-likeness (QED) is 0.176. The molecule has 3 aromatic heterocycles. The van der Waals surface area contributed by atoms with Gasteiger partial charge in [-0.2, -0.15) is 0 Å². The molecule has 4 nitrogen and oxygen atoms in total. The van der Waals surface area contributed by atoms with Crippen molar-refractivity contribution in [2.45, 2.75) is 0 Å². The highest BCUT2D eigenvalue weighted by molar-refractivity contribution is 6.27. The summed E-state index contributed by atoms with van der Waals surface area (Å²) in [7, 11) is 0. The van der Waals surface area contributed by atoms with Crippen molar-refractivity contribution in [1.29, 1.82) is 0 Å². The highest BCUT2D eigenvalue weighted by Crippen LogP contribution is 2.44. The van der Waals surface area contributed by atoms with Crippen LogP contribution in [0.25, 0.3) is 110 Å². The fraction of sp³-hybridized carbons (Fsp3) is 0. The van der Waals surface area contributed by atoms with Gasteiger partial charge in [0.05, 0.1) is 33.3 Å². The Morgan fingerprint density at radius 2 is 0.879 bits per heavy atom. The molecule has 270 valence electrons. The predicted octanol–water partition coefficient (Wildman–Crippen LogP) is 14.0. The van der Waals surface area contributed by atoms with Gasteiger partial charge in [-0.25, -0.2) is 9.97 Å². The second kappa shape index (κ2) is 12.9. The molecular weight excluding hydrogens is 705 g/mol. The predicted molar refractivity (Wildman–Crippen MR) is 242 cm³/mol. The Morgan fingerprint density at radius 3 is 1.64 bits per heavy atom. The van der Waals surface area contributed by atoms with Gasteiger partial charge in [-0.15, -0.1) is 0 Å². The van der Waals surface area contributed by atoms with Crippen LogP contribution < -0.4 is 0 Å². The lowest BCUT2D eigenvalue weighted by molar-refractivity contribution is 1.16. The minimum Gasteiger partial charge on any atom is -0.309 e. The normalized spacial score (nSPS) is 11.8. The van der Waals surface area contributed by atoms with Gasteiger partial charge in [0.2, 0.25) is 0 Å². The van der Waals surface area contributed by atoms with E-state index in [0.717, 1.165) is 50.1 Å². The average Bonchev–Trinajstić information content (AvgIpc) is 3.80. The van der Waals surface area contributed by atoms with Crippen molar-refractivity contribution >= 4 is 65.3 Å². The van der Waals surface area contributed by atoms with Gasteiger partial charge < -0.3 is 9.13 Å². The number of hydrogen-bond acceptors (Lipinski definition) is 2. The molecule has 12 rings (SSSR count). The van der Waals surface area contributed by atoms with Gasteiger partial charge in [-0.3, -0.25) is 0 Å². The number of nitrogens with zero attached hydrogens (tertiary/aromatic N) is 4. The maximum absolute atomic E-state index is 5.15. The second-order valence-electron chi connectivity index (χ2n) is 15.0. The number of benzene rings is 9. The summed E-state index contributed by atoms with van der Waals surface area (Å²) in [5.41, 5.74) is 13.3. The maximum Gasteiger partial charge on any atom is 0.160 e. The lowest BCUT2D eigenvalue weighted by Crippen LogP contribution is -1.97. The first-order valence-electron chi connectivity index (χ1n) is 19.8. The van der Waals surface area contributed by atoms with E-state index in [1.165, 1.54) is 54.5 Å². The molecule has 0 radical (unpaired) electrons. The minimum absolute atomic E-state index is 0.711. The van der Waals surface area contributed by atoms with E-state index in [-0.39, 0.29) is 0 Å². The van der Waals surface area contributed by atoms with Crippen molar-refractivity contribution in [3.63, 3.8) is 0 Å². The van der Waals surface area contributed by atoms with Crippen LogP contribution >= 0.6 is 0 Å². The van der Waals surface area contributed by atoms with E-state index < -0.39 is 0 Å². The smallest absolute Gasteiger partial charge is 0.160 e. The van der Waals surface area contributed by atoms with E-state index in [2.05, 4.69) is 203 Å². The highest BCUT2D eigenvalue weighted by atomic mass is 15.0. The Bertz CT molecular complexity index is 3530. The zero-order chi connectivity index (χ0) is 38.2. The van der Waals surface area contributed by atoms with Crippen LogP contribution in [0.1, 0.15) is 0 Å². The molecule has 0 bridgehead atoms. The van der Waals surface area contributed by atoms with Crippen molar-refractivity contribution in [2.24, 2.45) is 0 Å². The van der Waals surface area contributed by atoms with Crippen molar-refractivity contribution in [3.8, 4) is 45.1 Å². The zero-order valence-electron chi connectivity index (χ0n) is 31.4. The molecule has 0 N–H and O–H groups in total. The molecule has 9 aromatic carbocycles. The van der Waals surface area contributed by atoms with Crippen LogP contribution in [-0.4, -0.2) is 19.1 Å². The first kappa shape index (κ1) is 32.4. The van der Waals surface area contributed by atoms with E-state index in [4.69, 9.17) is 9.97 Å². The van der Waals surface area contributed by atoms with Gasteiger partial charge in [0.1, 0.15) is 0 Å². The van der Waals surface area contributed by atoms with Gasteiger partial charge in [-0.05, 0) is 88.6 Å². The Labute approximate surface area is 334 Å². The Hall–Kier alpha value is -7.82. The van der Waals surface area contributed by atoms with Crippen molar-refractivity contribution in [1.82, 2.24) is 19.1 Å². The molecule has 0 aliphatic carbocycles. The molecule has 4 heteroatoms. The summed E-state index contributed by atoms with van der Waals surface area (Å²) in [4.78, 5) is 10.2. The van der Waals surface area contributed by atoms with Crippen LogP contribution in [-0.2, 0) is 0 Å². The first-order valence-corrected chi connectivity index (χ1v) is 19.8. The van der Waals surface area contributed by atoms with Crippen molar-refractivity contribution < 1.29 is 0 Å². The molecule has 0 aliphatic rings. The molecule has 58 heavy (non-hydrogen) atoms. The van der Waals surface area contributed by atoms with Gasteiger partial charge in [0.25, 0.3) is 0 Å². The van der Waals surface area contributed by atoms with Gasteiger partial charge >= 0.3 is 0 Å². The molecule has 0 spiro atoms. The number of fused-ring (bicyclic) bond motifs is 9. The fourth-order valence-electron chi connectivity index (χ4n) is 9.11. The third-order valence-electron chi connectivity index (χ3n) is 11.7. The number of aromatic nitrogens is 4. The molecule has 0 fully saturated rings. The highest BCUT2D eigenvalue weighted by Gasteiger charge is 2.22. The molecular formula is C54H34N4. The standard InChI is InChI=1S/C54H34N4/c1-4-16-35(17-5-1)44-33-51-52(42-24-11-10-22-40(42)44)46-32-45-41-23-13-15-27-48(41)57(49(45)34-50(46)58(51)38-20-8-3-9-21-38)39-30-28-37(29-31-39)54-55-47-26-14-12-25-43(47)53(56-54)36-18-6-2-7-19-36/h1-34H. The summed E-state index contributed by atoms with van der Waals surface area (Å²) in [6.07, 6.45) is 0. The van der Waals surface area contributed by atoms with Gasteiger partial charge in [0, 0.05) is 49.4 Å². The van der Waals surface area contributed by atoms with Crippen molar-refractivity contribution in [3.05, 3.63) is 206 Å². The molecule has 0 aliphatic heterocycles. The summed E-state index contributed by atoms with van der Waals surface area (Å²) in [5.74, 6) is 0.711.